The van der Waals surface area contributed by atoms with Crippen LogP contribution >= 0.6 is 23.2 Å². The number of fused-ring (bicyclic) bond motifs is 1. The fourth-order valence-corrected chi connectivity index (χ4v) is 2.35. The summed E-state index contributed by atoms with van der Waals surface area (Å²) in [5.74, 6) is 0. The van der Waals surface area contributed by atoms with Crippen LogP contribution in [0.15, 0.2) is 42.5 Å². The number of aromatic nitrogens is 1. The third-order valence-electron chi connectivity index (χ3n) is 3.05. The van der Waals surface area contributed by atoms with Gasteiger partial charge in [0.15, 0.2) is 0 Å². The quantitative estimate of drug-likeness (QED) is 0.532. The molecule has 0 aliphatic carbocycles. The van der Waals surface area contributed by atoms with Crippen LogP contribution < -0.4 is 0 Å². The summed E-state index contributed by atoms with van der Waals surface area (Å²) in [6.07, 6.45) is 0. The third-order valence-corrected chi connectivity index (χ3v) is 3.78. The summed E-state index contributed by atoms with van der Waals surface area (Å²) in [6.45, 7) is 0. The lowest BCUT2D eigenvalue weighted by molar-refractivity contribution is -0.384. The average Bonchev–Trinajstić information content (AvgIpc) is 2.84. The standard InChI is InChI=1S/C14H8Cl2N2O2/c15-11-3-1-8(6-12(11)16)14-7-9-5-10(18(19)20)2-4-13(9)17-14/h1-7,17H. The van der Waals surface area contributed by atoms with Crippen LogP contribution in [0.4, 0.5) is 5.69 Å². The zero-order chi connectivity index (χ0) is 14.3. The maximum atomic E-state index is 10.8. The van der Waals surface area contributed by atoms with E-state index in [0.29, 0.717) is 10.0 Å². The Balaban J connectivity index is 2.12. The Morgan fingerprint density at radius 2 is 1.80 bits per heavy atom. The molecule has 0 aliphatic heterocycles. The summed E-state index contributed by atoms with van der Waals surface area (Å²) in [5.41, 5.74) is 2.60. The molecule has 0 spiro atoms. The molecule has 20 heavy (non-hydrogen) atoms. The minimum absolute atomic E-state index is 0.0668. The van der Waals surface area contributed by atoms with Gasteiger partial charge in [0.25, 0.3) is 5.69 Å². The second-order valence-corrected chi connectivity index (χ2v) is 5.15. The Kier molecular flexibility index (Phi) is 3.12. The van der Waals surface area contributed by atoms with Crippen molar-refractivity contribution >= 4 is 39.8 Å². The van der Waals surface area contributed by atoms with Crippen molar-refractivity contribution in [3.8, 4) is 11.3 Å². The molecule has 0 fully saturated rings. The van der Waals surface area contributed by atoms with E-state index < -0.39 is 4.92 Å². The molecular formula is C14H8Cl2N2O2. The first kappa shape index (κ1) is 13.0. The molecule has 3 rings (SSSR count). The van der Waals surface area contributed by atoms with Crippen LogP contribution in [-0.4, -0.2) is 9.91 Å². The number of nitrogens with zero attached hydrogens (tertiary/aromatic N) is 1. The van der Waals surface area contributed by atoms with E-state index in [1.807, 2.05) is 12.1 Å². The fraction of sp³-hybridized carbons (Fsp3) is 0. The van der Waals surface area contributed by atoms with Gasteiger partial charge < -0.3 is 4.98 Å². The van der Waals surface area contributed by atoms with Crippen molar-refractivity contribution in [2.45, 2.75) is 0 Å². The van der Waals surface area contributed by atoms with Gasteiger partial charge in [-0.2, -0.15) is 0 Å². The molecule has 6 heteroatoms. The molecule has 0 saturated carbocycles. The van der Waals surface area contributed by atoms with Crippen LogP contribution in [-0.2, 0) is 0 Å². The number of hydrogen-bond acceptors (Lipinski definition) is 2. The first-order valence-corrected chi connectivity index (χ1v) is 6.53. The highest BCUT2D eigenvalue weighted by molar-refractivity contribution is 6.42. The number of benzene rings is 2. The predicted molar refractivity (Wildman–Crippen MR) is 80.4 cm³/mol. The van der Waals surface area contributed by atoms with Crippen molar-refractivity contribution < 1.29 is 4.92 Å². The Morgan fingerprint density at radius 1 is 1.00 bits per heavy atom. The molecule has 3 aromatic rings. The second-order valence-electron chi connectivity index (χ2n) is 4.34. The molecule has 1 heterocycles. The SMILES string of the molecule is O=[N+]([O-])c1ccc2[nH]c(-c3ccc(Cl)c(Cl)c3)cc2c1. The van der Waals surface area contributed by atoms with Gasteiger partial charge in [0.1, 0.15) is 0 Å². The molecule has 2 aromatic carbocycles. The van der Waals surface area contributed by atoms with Crippen LogP contribution in [0.2, 0.25) is 10.0 Å². The normalized spacial score (nSPS) is 10.9. The maximum Gasteiger partial charge on any atom is 0.270 e. The zero-order valence-electron chi connectivity index (χ0n) is 10.1. The highest BCUT2D eigenvalue weighted by Gasteiger charge is 2.10. The molecule has 100 valence electrons. The van der Waals surface area contributed by atoms with Gasteiger partial charge in [-0.15, -0.1) is 0 Å². The minimum Gasteiger partial charge on any atom is -0.355 e. The van der Waals surface area contributed by atoms with Gasteiger partial charge >= 0.3 is 0 Å². The first-order valence-electron chi connectivity index (χ1n) is 5.77. The van der Waals surface area contributed by atoms with E-state index in [0.717, 1.165) is 22.2 Å². The third kappa shape index (κ3) is 2.24. The lowest BCUT2D eigenvalue weighted by Gasteiger charge is -2.00. The smallest absolute Gasteiger partial charge is 0.270 e. The summed E-state index contributed by atoms with van der Waals surface area (Å²) < 4.78 is 0. The molecule has 0 radical (unpaired) electrons. The van der Waals surface area contributed by atoms with E-state index >= 15 is 0 Å². The number of hydrogen-bond donors (Lipinski definition) is 1. The minimum atomic E-state index is -0.411. The molecule has 1 aromatic heterocycles. The number of rotatable bonds is 2. The number of nitrogens with one attached hydrogen (secondary N) is 1. The van der Waals surface area contributed by atoms with E-state index in [1.165, 1.54) is 12.1 Å². The number of H-pyrrole nitrogens is 1. The molecule has 0 aliphatic rings. The summed E-state index contributed by atoms with van der Waals surface area (Å²) in [7, 11) is 0. The van der Waals surface area contributed by atoms with Crippen molar-refractivity contribution in [1.29, 1.82) is 0 Å². The lowest BCUT2D eigenvalue weighted by Crippen LogP contribution is -1.86. The zero-order valence-corrected chi connectivity index (χ0v) is 11.6. The molecular weight excluding hydrogens is 299 g/mol. The molecule has 4 nitrogen and oxygen atoms in total. The topological polar surface area (TPSA) is 58.9 Å². The number of halogens is 2. The summed E-state index contributed by atoms with van der Waals surface area (Å²) in [5, 5.41) is 12.5. The number of nitro benzene ring substituents is 1. The highest BCUT2D eigenvalue weighted by Crippen LogP contribution is 2.31. The van der Waals surface area contributed by atoms with E-state index in [1.54, 1.807) is 18.2 Å². The van der Waals surface area contributed by atoms with Gasteiger partial charge in [0.2, 0.25) is 0 Å². The Bertz CT molecular complexity index is 827. The first-order chi connectivity index (χ1) is 9.54. The van der Waals surface area contributed by atoms with E-state index in [4.69, 9.17) is 23.2 Å². The Labute approximate surface area is 124 Å². The Hall–Kier alpha value is -2.04. The molecule has 0 amide bonds. The summed E-state index contributed by atoms with van der Waals surface area (Å²) >= 11 is 11.9. The van der Waals surface area contributed by atoms with Crippen molar-refractivity contribution in [2.24, 2.45) is 0 Å². The van der Waals surface area contributed by atoms with Crippen LogP contribution in [0.3, 0.4) is 0 Å². The molecule has 0 bridgehead atoms. The van der Waals surface area contributed by atoms with Gasteiger partial charge in [-0.05, 0) is 29.8 Å². The van der Waals surface area contributed by atoms with E-state index in [2.05, 4.69) is 4.98 Å². The van der Waals surface area contributed by atoms with E-state index in [9.17, 15) is 10.1 Å². The van der Waals surface area contributed by atoms with Gasteiger partial charge in [0.05, 0.1) is 15.0 Å². The fourth-order valence-electron chi connectivity index (χ4n) is 2.05. The summed E-state index contributed by atoms with van der Waals surface area (Å²) in [6, 6.07) is 11.9. The van der Waals surface area contributed by atoms with Crippen LogP contribution in [0.25, 0.3) is 22.2 Å². The number of nitro groups is 1. The van der Waals surface area contributed by atoms with Crippen LogP contribution in [0.1, 0.15) is 0 Å². The molecule has 0 saturated heterocycles. The van der Waals surface area contributed by atoms with E-state index in [-0.39, 0.29) is 5.69 Å². The van der Waals surface area contributed by atoms with Crippen molar-refractivity contribution in [3.05, 3.63) is 62.6 Å². The van der Waals surface area contributed by atoms with Crippen molar-refractivity contribution in [1.82, 2.24) is 4.98 Å². The maximum absolute atomic E-state index is 10.8. The summed E-state index contributed by atoms with van der Waals surface area (Å²) in [4.78, 5) is 13.6. The lowest BCUT2D eigenvalue weighted by atomic mass is 10.1. The second kappa shape index (κ2) is 4.81. The largest absolute Gasteiger partial charge is 0.355 e. The molecule has 0 unspecified atom stereocenters. The number of non-ortho nitro benzene ring substituents is 1. The van der Waals surface area contributed by atoms with Gasteiger partial charge in [-0.3, -0.25) is 10.1 Å². The molecule has 0 atom stereocenters. The monoisotopic (exact) mass is 306 g/mol. The Morgan fingerprint density at radius 3 is 2.50 bits per heavy atom. The highest BCUT2D eigenvalue weighted by atomic mass is 35.5. The van der Waals surface area contributed by atoms with Gasteiger partial charge in [-0.25, -0.2) is 0 Å². The molecule has 1 N–H and O–H groups in total. The van der Waals surface area contributed by atoms with Crippen molar-refractivity contribution in [3.63, 3.8) is 0 Å². The van der Waals surface area contributed by atoms with Gasteiger partial charge in [0, 0.05) is 28.7 Å². The van der Waals surface area contributed by atoms with Crippen LogP contribution in [0, 0.1) is 10.1 Å². The van der Waals surface area contributed by atoms with Gasteiger partial charge in [-0.1, -0.05) is 29.3 Å². The number of aromatic amines is 1. The van der Waals surface area contributed by atoms with Crippen LogP contribution in [0.5, 0.6) is 0 Å². The average molecular weight is 307 g/mol. The van der Waals surface area contributed by atoms with Crippen molar-refractivity contribution in [2.75, 3.05) is 0 Å². The predicted octanol–water partition coefficient (Wildman–Crippen LogP) is 5.05.